The molecular formula is C28H29FN6O3S. The van der Waals surface area contributed by atoms with Gasteiger partial charge in [-0.1, -0.05) is 11.3 Å². The predicted molar refractivity (Wildman–Crippen MR) is 145 cm³/mol. The lowest BCUT2D eigenvalue weighted by Crippen LogP contribution is -2.65. The molecule has 11 heteroatoms. The first-order valence-corrected chi connectivity index (χ1v) is 14.0. The molecule has 2 aliphatic heterocycles. The fourth-order valence-corrected chi connectivity index (χ4v) is 6.69. The van der Waals surface area contributed by atoms with Gasteiger partial charge in [-0.15, -0.1) is 0 Å². The largest absolute Gasteiger partial charge is 0.479 e. The number of pyridine rings is 1. The number of nitrogens with one attached hydrogen (secondary N) is 2. The van der Waals surface area contributed by atoms with Crippen LogP contribution in [0.3, 0.4) is 0 Å². The number of anilines is 1. The Bertz CT molecular complexity index is 1420. The number of hydrogen-bond donors (Lipinski definition) is 2. The molecule has 2 aromatic heterocycles. The Kier molecular flexibility index (Phi) is 6.83. The third kappa shape index (κ3) is 5.02. The molecule has 6 rings (SSSR count). The molecule has 1 aliphatic carbocycles. The van der Waals surface area contributed by atoms with Crippen LogP contribution < -0.4 is 25.0 Å². The summed E-state index contributed by atoms with van der Waals surface area (Å²) in [6.45, 7) is 5.55. The van der Waals surface area contributed by atoms with Gasteiger partial charge in [0.2, 0.25) is 10.9 Å². The Hall–Kier alpha value is -3.75. The molecule has 4 heterocycles. The van der Waals surface area contributed by atoms with Gasteiger partial charge < -0.3 is 25.0 Å². The molecule has 39 heavy (non-hydrogen) atoms. The van der Waals surface area contributed by atoms with E-state index in [1.54, 1.807) is 12.3 Å². The first-order valence-electron chi connectivity index (χ1n) is 13.2. The van der Waals surface area contributed by atoms with Gasteiger partial charge >= 0.3 is 0 Å². The molecular weight excluding hydrogens is 519 g/mol. The Labute approximate surface area is 230 Å². The van der Waals surface area contributed by atoms with Gasteiger partial charge in [0.15, 0.2) is 5.69 Å². The summed E-state index contributed by atoms with van der Waals surface area (Å²) in [4.78, 5) is 24.4. The number of aromatic nitrogens is 2. The normalized spacial score (nSPS) is 19.7. The summed E-state index contributed by atoms with van der Waals surface area (Å²) in [5.41, 5.74) is 2.23. The van der Waals surface area contributed by atoms with Crippen LogP contribution in [0.15, 0.2) is 36.5 Å². The van der Waals surface area contributed by atoms with Gasteiger partial charge in [-0.2, -0.15) is 5.26 Å². The number of ether oxygens (including phenoxy) is 2. The van der Waals surface area contributed by atoms with Crippen molar-refractivity contribution in [2.75, 3.05) is 37.7 Å². The lowest BCUT2D eigenvalue weighted by atomic mass is 9.61. The van der Waals surface area contributed by atoms with Crippen LogP contribution in [0.25, 0.3) is 10.6 Å². The standard InChI is InChI=1S/C28H29FN6O3S/c1-2-37-25-21(4-3-8-32-25)26-34-23(24(36)33-19-7-9-31-14-19)27(39-26)38-20-11-28(12-20)15-35(16-28)22-6-5-18(29)10-17(22)13-30/h3-6,8,10,19-20,31H,2,7,9,11-12,14-16H2,1H3,(H,33,36)/t19-/m1/s1. The average molecular weight is 549 g/mol. The van der Waals surface area contributed by atoms with Crippen LogP contribution in [-0.2, 0) is 0 Å². The number of amides is 1. The van der Waals surface area contributed by atoms with Gasteiger partial charge in [0.1, 0.15) is 23.0 Å². The van der Waals surface area contributed by atoms with Gasteiger partial charge in [0.25, 0.3) is 5.91 Å². The molecule has 1 saturated carbocycles. The van der Waals surface area contributed by atoms with Crippen LogP contribution in [0, 0.1) is 22.6 Å². The molecule has 2 saturated heterocycles. The lowest BCUT2D eigenvalue weighted by Gasteiger charge is -2.59. The highest BCUT2D eigenvalue weighted by atomic mass is 32.1. The Balaban J connectivity index is 1.17. The summed E-state index contributed by atoms with van der Waals surface area (Å²) in [7, 11) is 0. The van der Waals surface area contributed by atoms with Crippen molar-refractivity contribution in [2.24, 2.45) is 5.41 Å². The number of hydrogen-bond acceptors (Lipinski definition) is 9. The molecule has 3 aliphatic rings. The van der Waals surface area contributed by atoms with Gasteiger partial charge in [-0.25, -0.2) is 14.4 Å². The first kappa shape index (κ1) is 25.5. The SMILES string of the molecule is CCOc1ncccc1-c1nc(C(=O)N[C@@H]2CCNC2)c(OC2CC3(C2)CN(c2ccc(F)cc2C#N)C3)s1. The minimum Gasteiger partial charge on any atom is -0.479 e. The van der Waals surface area contributed by atoms with E-state index < -0.39 is 5.82 Å². The maximum atomic E-state index is 13.5. The topological polar surface area (TPSA) is 112 Å². The van der Waals surface area contributed by atoms with E-state index in [1.807, 2.05) is 19.1 Å². The molecule has 1 aromatic carbocycles. The van der Waals surface area contributed by atoms with Crippen molar-refractivity contribution < 1.29 is 18.7 Å². The number of thiazole rings is 1. The molecule has 3 fully saturated rings. The van der Waals surface area contributed by atoms with Gasteiger partial charge in [-0.05, 0) is 63.1 Å². The number of benzene rings is 1. The van der Waals surface area contributed by atoms with E-state index in [4.69, 9.17) is 14.5 Å². The van der Waals surface area contributed by atoms with Gasteiger partial charge in [-0.3, -0.25) is 4.79 Å². The first-order chi connectivity index (χ1) is 19.0. The van der Waals surface area contributed by atoms with E-state index in [-0.39, 0.29) is 29.2 Å². The molecule has 0 unspecified atom stereocenters. The molecule has 3 aromatic rings. The van der Waals surface area contributed by atoms with Crippen molar-refractivity contribution >= 4 is 22.9 Å². The number of rotatable bonds is 8. The number of carbonyl (C=O) groups is 1. The quantitative estimate of drug-likeness (QED) is 0.438. The van der Waals surface area contributed by atoms with Crippen LogP contribution in [0.4, 0.5) is 10.1 Å². The fraction of sp³-hybridized carbons (Fsp3) is 0.429. The van der Waals surface area contributed by atoms with E-state index in [0.717, 1.165) is 56.7 Å². The van der Waals surface area contributed by atoms with E-state index in [1.165, 1.54) is 23.5 Å². The van der Waals surface area contributed by atoms with Gasteiger partial charge in [0, 0.05) is 37.3 Å². The van der Waals surface area contributed by atoms with E-state index in [9.17, 15) is 14.4 Å². The van der Waals surface area contributed by atoms with Crippen molar-refractivity contribution in [3.63, 3.8) is 0 Å². The van der Waals surface area contributed by atoms with Gasteiger partial charge in [0.05, 0.1) is 23.4 Å². The molecule has 1 spiro atoms. The minimum absolute atomic E-state index is 0.0379. The minimum atomic E-state index is -0.407. The number of nitrogens with zero attached hydrogens (tertiary/aromatic N) is 4. The highest BCUT2D eigenvalue weighted by molar-refractivity contribution is 7.17. The van der Waals surface area contributed by atoms with Crippen molar-refractivity contribution in [3.8, 4) is 27.6 Å². The monoisotopic (exact) mass is 548 g/mol. The Morgan fingerprint density at radius 3 is 2.95 bits per heavy atom. The summed E-state index contributed by atoms with van der Waals surface area (Å²) < 4.78 is 25.6. The van der Waals surface area contributed by atoms with E-state index in [0.29, 0.717) is 28.1 Å². The van der Waals surface area contributed by atoms with Crippen molar-refractivity contribution in [1.29, 1.82) is 5.26 Å². The maximum Gasteiger partial charge on any atom is 0.274 e. The van der Waals surface area contributed by atoms with Crippen LogP contribution in [0.2, 0.25) is 0 Å². The average Bonchev–Trinajstić information content (AvgIpc) is 3.55. The van der Waals surface area contributed by atoms with Crippen molar-refractivity contribution in [1.82, 2.24) is 20.6 Å². The van der Waals surface area contributed by atoms with Crippen LogP contribution in [0.1, 0.15) is 42.2 Å². The zero-order valence-electron chi connectivity index (χ0n) is 21.6. The molecule has 0 radical (unpaired) electrons. The highest BCUT2D eigenvalue weighted by Gasteiger charge is 2.54. The molecule has 1 amide bonds. The predicted octanol–water partition coefficient (Wildman–Crippen LogP) is 3.75. The Morgan fingerprint density at radius 2 is 2.21 bits per heavy atom. The molecule has 202 valence electrons. The summed E-state index contributed by atoms with van der Waals surface area (Å²) in [5, 5.41) is 16.9. The van der Waals surface area contributed by atoms with Crippen molar-refractivity contribution in [3.05, 3.63) is 53.6 Å². The summed E-state index contributed by atoms with van der Waals surface area (Å²) >= 11 is 1.33. The highest BCUT2D eigenvalue weighted by Crippen LogP contribution is 2.52. The Morgan fingerprint density at radius 1 is 1.36 bits per heavy atom. The molecule has 2 N–H and O–H groups in total. The lowest BCUT2D eigenvalue weighted by molar-refractivity contribution is -0.0326. The van der Waals surface area contributed by atoms with E-state index >= 15 is 0 Å². The number of carbonyl (C=O) groups excluding carboxylic acids is 1. The fourth-order valence-electron chi connectivity index (χ4n) is 5.69. The van der Waals surface area contributed by atoms with Crippen LogP contribution in [-0.4, -0.2) is 60.8 Å². The van der Waals surface area contributed by atoms with Crippen LogP contribution in [0.5, 0.6) is 10.9 Å². The van der Waals surface area contributed by atoms with Crippen molar-refractivity contribution in [2.45, 2.75) is 38.3 Å². The molecule has 9 nitrogen and oxygen atoms in total. The summed E-state index contributed by atoms with van der Waals surface area (Å²) in [6.07, 6.45) is 4.18. The van der Waals surface area contributed by atoms with Crippen LogP contribution >= 0.6 is 11.3 Å². The maximum absolute atomic E-state index is 13.5. The zero-order valence-corrected chi connectivity index (χ0v) is 22.4. The van der Waals surface area contributed by atoms with E-state index in [2.05, 4.69) is 26.6 Å². The third-order valence-electron chi connectivity index (χ3n) is 7.56. The number of nitriles is 1. The molecule has 0 bridgehead atoms. The number of halogens is 1. The molecule has 1 atom stereocenters. The smallest absolute Gasteiger partial charge is 0.274 e. The third-order valence-corrected chi connectivity index (χ3v) is 8.54. The second-order valence-corrected chi connectivity index (χ2v) is 11.3. The summed E-state index contributed by atoms with van der Waals surface area (Å²) in [6, 6.07) is 10.2. The second kappa shape index (κ2) is 10.4. The second-order valence-electron chi connectivity index (χ2n) is 10.4. The zero-order chi connectivity index (χ0) is 27.0. The summed E-state index contributed by atoms with van der Waals surface area (Å²) in [5.74, 6) is -0.176.